The third-order valence-corrected chi connectivity index (χ3v) is 10.8. The van der Waals surface area contributed by atoms with Gasteiger partial charge in [-0.3, -0.25) is 14.9 Å². The molecule has 0 amide bonds. The van der Waals surface area contributed by atoms with Gasteiger partial charge in [0.2, 0.25) is 0 Å². The molecule has 2 aromatic heterocycles. The first kappa shape index (κ1) is 43.8. The molecular formula is C45H57Cl3N4O. The van der Waals surface area contributed by atoms with Crippen molar-refractivity contribution < 1.29 is 4.74 Å². The van der Waals surface area contributed by atoms with Crippen LogP contribution in [-0.4, -0.2) is 40.6 Å². The largest absolute Gasteiger partial charge is 0.494 e. The van der Waals surface area contributed by atoms with Crippen LogP contribution >= 0.6 is 37.2 Å². The number of likely N-dealkylation sites (tertiary alicyclic amines) is 1. The third-order valence-electron chi connectivity index (χ3n) is 10.8. The molecule has 5 aromatic rings. The lowest BCUT2D eigenvalue weighted by molar-refractivity contribution is 0.200. The molecule has 3 aromatic carbocycles. The van der Waals surface area contributed by atoms with Crippen LogP contribution in [0.1, 0.15) is 77.1 Å². The molecule has 3 heterocycles. The van der Waals surface area contributed by atoms with E-state index in [0.29, 0.717) is 6.04 Å². The van der Waals surface area contributed by atoms with E-state index in [1.165, 1.54) is 66.9 Å². The number of benzene rings is 3. The average Bonchev–Trinajstić information content (AvgIpc) is 3.12. The van der Waals surface area contributed by atoms with Gasteiger partial charge in [-0.2, -0.15) is 0 Å². The molecule has 284 valence electrons. The van der Waals surface area contributed by atoms with Gasteiger partial charge in [0.05, 0.1) is 12.3 Å². The number of anilines is 1. The van der Waals surface area contributed by atoms with Crippen LogP contribution in [0.25, 0.3) is 22.4 Å². The number of nitrogens with zero attached hydrogens (tertiary/aromatic N) is 4. The van der Waals surface area contributed by atoms with Gasteiger partial charge in [-0.05, 0) is 165 Å². The van der Waals surface area contributed by atoms with Gasteiger partial charge >= 0.3 is 0 Å². The van der Waals surface area contributed by atoms with Crippen LogP contribution in [0.2, 0.25) is 0 Å². The summed E-state index contributed by atoms with van der Waals surface area (Å²) in [5, 5.41) is 0. The fourth-order valence-electron chi connectivity index (χ4n) is 7.19. The first-order chi connectivity index (χ1) is 24.2. The Balaban J connectivity index is 0.00000252. The number of piperidine rings is 1. The lowest BCUT2D eigenvalue weighted by Crippen LogP contribution is -2.44. The maximum absolute atomic E-state index is 6.02. The Labute approximate surface area is 336 Å². The zero-order valence-corrected chi connectivity index (χ0v) is 34.9. The summed E-state index contributed by atoms with van der Waals surface area (Å²) in [6.45, 7) is 20.0. The van der Waals surface area contributed by atoms with Gasteiger partial charge in [0.15, 0.2) is 0 Å². The zero-order chi connectivity index (χ0) is 35.2. The number of aromatic nitrogens is 2. The Hall–Kier alpha value is -3.61. The van der Waals surface area contributed by atoms with Crippen molar-refractivity contribution in [2.75, 3.05) is 24.6 Å². The van der Waals surface area contributed by atoms with Crippen molar-refractivity contribution in [2.45, 2.75) is 93.3 Å². The lowest BCUT2D eigenvalue weighted by atomic mass is 9.96. The second kappa shape index (κ2) is 20.2. The van der Waals surface area contributed by atoms with Crippen LogP contribution in [0.3, 0.4) is 0 Å². The van der Waals surface area contributed by atoms with Crippen molar-refractivity contribution in [3.05, 3.63) is 130 Å². The lowest BCUT2D eigenvalue weighted by Gasteiger charge is -2.40. The quantitative estimate of drug-likeness (QED) is 0.118. The fraction of sp³-hybridized carbons (Fsp3) is 0.378. The molecule has 0 unspecified atom stereocenters. The SMILES string of the molecule is CCCCOc1ccc(N(Cc2ccnc(-c3cc(C)c(C)c(C)c3)c2)C2CCN(Cc3cncc(-c4cc(C)c(C)c(C)c4)c3)CC2)cc1.Cl.Cl.Cl. The number of ether oxygens (including phenoxy) is 1. The van der Waals surface area contributed by atoms with E-state index in [9.17, 15) is 0 Å². The molecule has 0 saturated carbocycles. The Morgan fingerprint density at radius 1 is 0.698 bits per heavy atom. The van der Waals surface area contributed by atoms with Gasteiger partial charge in [0.25, 0.3) is 0 Å². The van der Waals surface area contributed by atoms with Crippen molar-refractivity contribution in [1.82, 2.24) is 14.9 Å². The summed E-state index contributed by atoms with van der Waals surface area (Å²) < 4.78 is 6.02. The first-order valence-electron chi connectivity index (χ1n) is 18.5. The molecule has 0 N–H and O–H groups in total. The summed E-state index contributed by atoms with van der Waals surface area (Å²) in [6, 6.07) is 25.1. The van der Waals surface area contributed by atoms with Gasteiger partial charge in [-0.15, -0.1) is 37.2 Å². The number of hydrogen-bond donors (Lipinski definition) is 0. The number of rotatable bonds is 12. The predicted octanol–water partition coefficient (Wildman–Crippen LogP) is 11.8. The molecule has 1 aliphatic heterocycles. The van der Waals surface area contributed by atoms with Crippen LogP contribution < -0.4 is 9.64 Å². The smallest absolute Gasteiger partial charge is 0.119 e. The van der Waals surface area contributed by atoms with Crippen LogP contribution in [0.15, 0.2) is 85.3 Å². The molecule has 0 spiro atoms. The molecule has 0 aliphatic carbocycles. The summed E-state index contributed by atoms with van der Waals surface area (Å²) in [6.07, 6.45) is 10.4. The highest BCUT2D eigenvalue weighted by molar-refractivity contribution is 5.86. The monoisotopic (exact) mass is 774 g/mol. The Kier molecular flexibility index (Phi) is 16.7. The van der Waals surface area contributed by atoms with Crippen molar-refractivity contribution in [2.24, 2.45) is 0 Å². The number of pyridine rings is 2. The predicted molar refractivity (Wildman–Crippen MR) is 231 cm³/mol. The Morgan fingerprint density at radius 2 is 1.30 bits per heavy atom. The standard InChI is InChI=1S/C45H54N4O.3ClH/c1-8-9-20-50-44-12-10-42(11-13-44)49(30-37-14-17-47-45(26-37)40-23-33(4)36(7)34(5)24-40)43-15-18-48(19-16-43)29-38-25-41(28-46-27-38)39-21-31(2)35(6)32(3)22-39;;;/h10-14,17,21-28,43H,8-9,15-16,18-20,29-30H2,1-7H3;3*1H. The van der Waals surface area contributed by atoms with E-state index < -0.39 is 0 Å². The number of hydrogen-bond acceptors (Lipinski definition) is 5. The van der Waals surface area contributed by atoms with Crippen LogP contribution in [0.4, 0.5) is 5.69 Å². The summed E-state index contributed by atoms with van der Waals surface area (Å²) >= 11 is 0. The average molecular weight is 776 g/mol. The minimum atomic E-state index is 0. The Morgan fingerprint density at radius 3 is 1.91 bits per heavy atom. The van der Waals surface area contributed by atoms with Crippen LogP contribution in [-0.2, 0) is 13.1 Å². The number of halogens is 3. The molecular weight excluding hydrogens is 719 g/mol. The molecule has 0 atom stereocenters. The van der Waals surface area contributed by atoms with Gasteiger partial charge in [0, 0.05) is 67.6 Å². The number of aryl methyl sites for hydroxylation is 4. The molecule has 0 radical (unpaired) electrons. The van der Waals surface area contributed by atoms with Gasteiger partial charge in [0.1, 0.15) is 5.75 Å². The van der Waals surface area contributed by atoms with Crippen molar-refractivity contribution in [3.63, 3.8) is 0 Å². The van der Waals surface area contributed by atoms with Crippen molar-refractivity contribution >= 4 is 42.9 Å². The van der Waals surface area contributed by atoms with E-state index in [1.807, 2.05) is 18.6 Å². The molecule has 1 fully saturated rings. The van der Waals surface area contributed by atoms with Crippen LogP contribution in [0, 0.1) is 41.5 Å². The van der Waals surface area contributed by atoms with E-state index in [4.69, 9.17) is 9.72 Å². The molecule has 6 rings (SSSR count). The summed E-state index contributed by atoms with van der Waals surface area (Å²) in [5.74, 6) is 0.945. The highest BCUT2D eigenvalue weighted by Crippen LogP contribution is 2.31. The highest BCUT2D eigenvalue weighted by atomic mass is 35.5. The van der Waals surface area contributed by atoms with Gasteiger partial charge in [-0.25, -0.2) is 0 Å². The molecule has 8 heteroatoms. The highest BCUT2D eigenvalue weighted by Gasteiger charge is 2.26. The summed E-state index contributed by atoms with van der Waals surface area (Å²) in [5.41, 5.74) is 16.5. The normalized spacial score (nSPS) is 13.0. The van der Waals surface area contributed by atoms with E-state index >= 15 is 0 Å². The molecule has 5 nitrogen and oxygen atoms in total. The molecule has 53 heavy (non-hydrogen) atoms. The van der Waals surface area contributed by atoms with E-state index in [0.717, 1.165) is 69.9 Å². The van der Waals surface area contributed by atoms with E-state index in [2.05, 4.69) is 130 Å². The number of unbranched alkanes of at least 4 members (excludes halogenated alkanes) is 1. The van der Waals surface area contributed by atoms with Gasteiger partial charge < -0.3 is 9.64 Å². The minimum Gasteiger partial charge on any atom is -0.494 e. The molecule has 0 bridgehead atoms. The van der Waals surface area contributed by atoms with Crippen molar-refractivity contribution in [1.29, 1.82) is 0 Å². The van der Waals surface area contributed by atoms with E-state index in [1.54, 1.807) is 0 Å². The first-order valence-corrected chi connectivity index (χ1v) is 18.5. The van der Waals surface area contributed by atoms with E-state index in [-0.39, 0.29) is 37.2 Å². The maximum atomic E-state index is 6.02. The summed E-state index contributed by atoms with van der Waals surface area (Å²) in [7, 11) is 0. The zero-order valence-electron chi connectivity index (χ0n) is 32.4. The molecule has 1 saturated heterocycles. The fourth-order valence-corrected chi connectivity index (χ4v) is 7.19. The third kappa shape index (κ3) is 11.0. The summed E-state index contributed by atoms with van der Waals surface area (Å²) in [4.78, 5) is 14.7. The second-order valence-electron chi connectivity index (χ2n) is 14.4. The molecule has 1 aliphatic rings. The van der Waals surface area contributed by atoms with Gasteiger partial charge in [-0.1, -0.05) is 25.5 Å². The second-order valence-corrected chi connectivity index (χ2v) is 14.4. The van der Waals surface area contributed by atoms with Crippen LogP contribution in [0.5, 0.6) is 5.75 Å². The topological polar surface area (TPSA) is 41.5 Å². The maximum Gasteiger partial charge on any atom is 0.119 e. The Bertz CT molecular complexity index is 1880. The minimum absolute atomic E-state index is 0. The van der Waals surface area contributed by atoms with Crippen molar-refractivity contribution in [3.8, 4) is 28.1 Å².